The third-order valence-corrected chi connectivity index (χ3v) is 6.33. The second kappa shape index (κ2) is 10.1. The van der Waals surface area contributed by atoms with Gasteiger partial charge in [-0.05, 0) is 84.0 Å². The van der Waals surface area contributed by atoms with E-state index in [1.165, 1.54) is 18.2 Å². The first-order valence-electron chi connectivity index (χ1n) is 9.19. The molecule has 1 fully saturated rings. The van der Waals surface area contributed by atoms with Gasteiger partial charge in [-0.2, -0.15) is 0 Å². The average Bonchev–Trinajstić information content (AvgIpc) is 2.70. The molecule has 0 radical (unpaired) electrons. The van der Waals surface area contributed by atoms with Gasteiger partial charge in [0.05, 0.1) is 5.75 Å². The summed E-state index contributed by atoms with van der Waals surface area (Å²) in [5.41, 5.74) is 1.63. The first-order valence-corrected chi connectivity index (χ1v) is 11.3. The van der Waals surface area contributed by atoms with Gasteiger partial charge in [-0.1, -0.05) is 19.3 Å². The average molecular weight is 494 g/mol. The molecule has 0 spiro atoms. The highest BCUT2D eigenvalue weighted by Gasteiger charge is 2.20. The molecule has 2 aromatic rings. The molecule has 142 valence electrons. The van der Waals surface area contributed by atoms with Crippen LogP contribution in [0.15, 0.2) is 53.4 Å². The number of carbonyl (C=O) groups is 2. The summed E-state index contributed by atoms with van der Waals surface area (Å²) >= 11 is 3.71. The summed E-state index contributed by atoms with van der Waals surface area (Å²) in [6.07, 6.45) is 5.54. The number of thioether (sulfide) groups is 1. The van der Waals surface area contributed by atoms with E-state index in [9.17, 15) is 9.59 Å². The number of nitrogens with one attached hydrogen (secondary N) is 2. The van der Waals surface area contributed by atoms with Gasteiger partial charge in [0.25, 0.3) is 0 Å². The molecule has 3 rings (SSSR count). The molecule has 0 aromatic heterocycles. The minimum atomic E-state index is -0.0316. The zero-order chi connectivity index (χ0) is 19.1. The van der Waals surface area contributed by atoms with Gasteiger partial charge in [0, 0.05) is 25.8 Å². The molecule has 0 bridgehead atoms. The summed E-state index contributed by atoms with van der Waals surface area (Å²) in [6.45, 7) is 0. The van der Waals surface area contributed by atoms with Crippen molar-refractivity contribution in [2.45, 2.75) is 37.0 Å². The van der Waals surface area contributed by atoms with Gasteiger partial charge in [0.1, 0.15) is 0 Å². The highest BCUT2D eigenvalue weighted by atomic mass is 127. The molecule has 1 aliphatic carbocycles. The molecule has 0 atom stereocenters. The maximum absolute atomic E-state index is 12.3. The molecule has 4 nitrogen and oxygen atoms in total. The second-order valence-electron chi connectivity index (χ2n) is 6.69. The summed E-state index contributed by atoms with van der Waals surface area (Å²) < 4.78 is 1.13. The Balaban J connectivity index is 1.45. The lowest BCUT2D eigenvalue weighted by molar-refractivity contribution is -0.120. The summed E-state index contributed by atoms with van der Waals surface area (Å²) in [5.74, 6) is 0.598. The Morgan fingerprint density at radius 3 is 2.15 bits per heavy atom. The molecule has 27 heavy (non-hydrogen) atoms. The zero-order valence-electron chi connectivity index (χ0n) is 15.0. The SMILES string of the molecule is O=C(CSc1ccc(NC(=O)C2CCCCC2)cc1)Nc1ccc(I)cc1. The normalized spacial score (nSPS) is 14.6. The molecule has 2 N–H and O–H groups in total. The number of anilines is 2. The van der Waals surface area contributed by atoms with Crippen LogP contribution in [0, 0.1) is 9.49 Å². The molecule has 2 amide bonds. The molecule has 0 aliphatic heterocycles. The molecule has 2 aromatic carbocycles. The molecule has 0 saturated heterocycles. The van der Waals surface area contributed by atoms with E-state index in [2.05, 4.69) is 33.2 Å². The number of hydrogen-bond acceptors (Lipinski definition) is 3. The number of hydrogen-bond donors (Lipinski definition) is 2. The largest absolute Gasteiger partial charge is 0.326 e. The standard InChI is InChI=1S/C21H23IN2O2S/c22-16-6-8-17(9-7-16)23-20(25)14-27-19-12-10-18(11-13-19)24-21(26)15-4-2-1-3-5-15/h6-13,15H,1-5,14H2,(H,23,25)(H,24,26). The van der Waals surface area contributed by atoms with Gasteiger partial charge < -0.3 is 10.6 Å². The number of rotatable bonds is 6. The van der Waals surface area contributed by atoms with Crippen LogP contribution >= 0.6 is 34.4 Å². The minimum absolute atomic E-state index is 0.0316. The lowest BCUT2D eigenvalue weighted by atomic mass is 9.88. The Kier molecular flexibility index (Phi) is 7.58. The number of carbonyl (C=O) groups excluding carboxylic acids is 2. The van der Waals surface area contributed by atoms with Crippen molar-refractivity contribution in [1.29, 1.82) is 0 Å². The zero-order valence-corrected chi connectivity index (χ0v) is 18.0. The van der Waals surface area contributed by atoms with Crippen LogP contribution in [-0.4, -0.2) is 17.6 Å². The minimum Gasteiger partial charge on any atom is -0.326 e. The fraction of sp³-hybridized carbons (Fsp3) is 0.333. The van der Waals surface area contributed by atoms with Crippen LogP contribution in [0.3, 0.4) is 0 Å². The van der Waals surface area contributed by atoms with Gasteiger partial charge >= 0.3 is 0 Å². The Morgan fingerprint density at radius 1 is 0.889 bits per heavy atom. The Labute approximate surface area is 178 Å². The van der Waals surface area contributed by atoms with Crippen LogP contribution < -0.4 is 10.6 Å². The summed E-state index contributed by atoms with van der Waals surface area (Å²) in [4.78, 5) is 25.4. The van der Waals surface area contributed by atoms with E-state index < -0.39 is 0 Å². The van der Waals surface area contributed by atoms with Crippen LogP contribution in [-0.2, 0) is 9.59 Å². The van der Waals surface area contributed by atoms with E-state index in [-0.39, 0.29) is 17.7 Å². The fourth-order valence-corrected chi connectivity index (χ4v) is 4.18. The Hall–Kier alpha value is -1.54. The van der Waals surface area contributed by atoms with Crippen molar-refractivity contribution in [2.24, 2.45) is 5.92 Å². The third-order valence-electron chi connectivity index (χ3n) is 4.60. The first kappa shape index (κ1) is 20.2. The molecular weight excluding hydrogens is 471 g/mol. The van der Waals surface area contributed by atoms with Crippen molar-refractivity contribution in [2.75, 3.05) is 16.4 Å². The van der Waals surface area contributed by atoms with E-state index >= 15 is 0 Å². The van der Waals surface area contributed by atoms with Crippen molar-refractivity contribution >= 4 is 57.5 Å². The van der Waals surface area contributed by atoms with Gasteiger partial charge in [-0.25, -0.2) is 0 Å². The van der Waals surface area contributed by atoms with E-state index in [4.69, 9.17) is 0 Å². The predicted octanol–water partition coefficient (Wildman–Crippen LogP) is 5.54. The van der Waals surface area contributed by atoms with Crippen LogP contribution in [0.1, 0.15) is 32.1 Å². The predicted molar refractivity (Wildman–Crippen MR) is 120 cm³/mol. The van der Waals surface area contributed by atoms with Crippen molar-refractivity contribution in [3.05, 3.63) is 52.1 Å². The smallest absolute Gasteiger partial charge is 0.234 e. The molecular formula is C21H23IN2O2S. The van der Waals surface area contributed by atoms with Crippen LogP contribution in [0.5, 0.6) is 0 Å². The van der Waals surface area contributed by atoms with Crippen molar-refractivity contribution < 1.29 is 9.59 Å². The lowest BCUT2D eigenvalue weighted by Crippen LogP contribution is -2.24. The van der Waals surface area contributed by atoms with Crippen molar-refractivity contribution in [3.8, 4) is 0 Å². The van der Waals surface area contributed by atoms with Crippen LogP contribution in [0.4, 0.5) is 11.4 Å². The number of benzene rings is 2. The molecule has 6 heteroatoms. The summed E-state index contributed by atoms with van der Waals surface area (Å²) in [6, 6.07) is 15.4. The van der Waals surface area contributed by atoms with E-state index in [0.29, 0.717) is 5.75 Å². The summed E-state index contributed by atoms with van der Waals surface area (Å²) in [7, 11) is 0. The quantitative estimate of drug-likeness (QED) is 0.410. The van der Waals surface area contributed by atoms with Crippen molar-refractivity contribution in [3.63, 3.8) is 0 Å². The number of halogens is 1. The van der Waals surface area contributed by atoms with Crippen LogP contribution in [0.2, 0.25) is 0 Å². The van der Waals surface area contributed by atoms with Gasteiger partial charge in [-0.15, -0.1) is 11.8 Å². The molecule has 0 unspecified atom stereocenters. The fourth-order valence-electron chi connectivity index (χ4n) is 3.12. The first-order chi connectivity index (χ1) is 13.1. The molecule has 1 saturated carbocycles. The highest BCUT2D eigenvalue weighted by molar-refractivity contribution is 14.1. The highest BCUT2D eigenvalue weighted by Crippen LogP contribution is 2.26. The van der Waals surface area contributed by atoms with Gasteiger partial charge in [0.2, 0.25) is 11.8 Å². The van der Waals surface area contributed by atoms with E-state index in [1.807, 2.05) is 48.5 Å². The monoisotopic (exact) mass is 494 g/mol. The maximum Gasteiger partial charge on any atom is 0.234 e. The van der Waals surface area contributed by atoms with E-state index in [0.717, 1.165) is 45.5 Å². The molecule has 0 heterocycles. The van der Waals surface area contributed by atoms with Crippen LogP contribution in [0.25, 0.3) is 0 Å². The Morgan fingerprint density at radius 2 is 1.48 bits per heavy atom. The number of amides is 2. The maximum atomic E-state index is 12.3. The Bertz CT molecular complexity index is 772. The second-order valence-corrected chi connectivity index (χ2v) is 8.99. The molecule has 1 aliphatic rings. The topological polar surface area (TPSA) is 58.2 Å². The van der Waals surface area contributed by atoms with Gasteiger partial charge in [-0.3, -0.25) is 9.59 Å². The third kappa shape index (κ3) is 6.53. The van der Waals surface area contributed by atoms with Crippen molar-refractivity contribution in [1.82, 2.24) is 0 Å². The lowest BCUT2D eigenvalue weighted by Gasteiger charge is -2.20. The van der Waals surface area contributed by atoms with Gasteiger partial charge in [0.15, 0.2) is 0 Å². The summed E-state index contributed by atoms with van der Waals surface area (Å²) in [5, 5.41) is 5.91. The van der Waals surface area contributed by atoms with E-state index in [1.54, 1.807) is 0 Å².